The first-order valence-electron chi connectivity index (χ1n) is 7.14. The van der Waals surface area contributed by atoms with Crippen LogP contribution < -0.4 is 0 Å². The van der Waals surface area contributed by atoms with Crippen LogP contribution in [-0.4, -0.2) is 36.2 Å². The number of rotatable bonds is 6. The van der Waals surface area contributed by atoms with E-state index in [1.165, 1.54) is 15.4 Å². The minimum atomic E-state index is -0.697. The van der Waals surface area contributed by atoms with Gasteiger partial charge in [-0.15, -0.1) is 0 Å². The van der Waals surface area contributed by atoms with Crippen LogP contribution in [0.5, 0.6) is 0 Å². The third kappa shape index (κ3) is 5.54. The van der Waals surface area contributed by atoms with Gasteiger partial charge in [0.2, 0.25) is 0 Å². The molecular weight excluding hydrogens is 278 g/mol. The van der Waals surface area contributed by atoms with Crippen LogP contribution in [0.15, 0.2) is 64.4 Å². The van der Waals surface area contributed by atoms with E-state index < -0.39 is 5.60 Å². The minimum absolute atomic E-state index is 0.660. The molecule has 2 aromatic carbocycles. The molecule has 0 saturated carbocycles. The van der Waals surface area contributed by atoms with Gasteiger partial charge in [0.1, 0.15) is 0 Å². The molecule has 2 rings (SSSR count). The Labute approximate surface area is 131 Å². The highest BCUT2D eigenvalue weighted by Crippen LogP contribution is 2.27. The molecule has 0 aliphatic rings. The van der Waals surface area contributed by atoms with E-state index in [-0.39, 0.29) is 0 Å². The Morgan fingerprint density at radius 1 is 0.952 bits per heavy atom. The molecule has 21 heavy (non-hydrogen) atoms. The van der Waals surface area contributed by atoms with Crippen molar-refractivity contribution >= 4 is 11.8 Å². The number of hydrogen-bond donors (Lipinski definition) is 1. The van der Waals surface area contributed by atoms with Crippen molar-refractivity contribution < 1.29 is 5.11 Å². The Bertz CT molecular complexity index is 549. The van der Waals surface area contributed by atoms with E-state index in [2.05, 4.69) is 48.5 Å². The molecule has 1 unspecified atom stereocenters. The van der Waals surface area contributed by atoms with Crippen molar-refractivity contribution in [2.24, 2.45) is 0 Å². The first kappa shape index (κ1) is 16.1. The van der Waals surface area contributed by atoms with Crippen molar-refractivity contribution in [1.29, 1.82) is 0 Å². The van der Waals surface area contributed by atoms with Gasteiger partial charge in [-0.05, 0) is 50.8 Å². The first-order chi connectivity index (χ1) is 9.94. The van der Waals surface area contributed by atoms with Crippen LogP contribution >= 0.6 is 11.8 Å². The van der Waals surface area contributed by atoms with Crippen molar-refractivity contribution in [1.82, 2.24) is 4.90 Å². The van der Waals surface area contributed by atoms with E-state index >= 15 is 0 Å². The molecule has 2 nitrogen and oxygen atoms in total. The van der Waals surface area contributed by atoms with Gasteiger partial charge >= 0.3 is 0 Å². The number of benzene rings is 2. The average molecular weight is 301 g/mol. The van der Waals surface area contributed by atoms with E-state index in [0.717, 1.165) is 0 Å². The molecule has 0 aromatic heterocycles. The second-order valence-corrected chi connectivity index (χ2v) is 7.12. The zero-order chi connectivity index (χ0) is 15.3. The van der Waals surface area contributed by atoms with Gasteiger partial charge in [-0.2, -0.15) is 0 Å². The molecule has 0 fully saturated rings. The summed E-state index contributed by atoms with van der Waals surface area (Å²) in [5.41, 5.74) is 0.469. The predicted molar refractivity (Wildman–Crippen MR) is 89.9 cm³/mol. The van der Waals surface area contributed by atoms with Crippen molar-refractivity contribution in [2.45, 2.75) is 28.7 Å². The van der Waals surface area contributed by atoms with Crippen molar-refractivity contribution in [3.05, 3.63) is 60.2 Å². The Morgan fingerprint density at radius 3 is 2.10 bits per heavy atom. The van der Waals surface area contributed by atoms with Crippen LogP contribution in [0.3, 0.4) is 0 Å². The molecule has 1 atom stereocenters. The lowest BCUT2D eigenvalue weighted by Gasteiger charge is -2.27. The third-order valence-electron chi connectivity index (χ3n) is 3.14. The number of nitrogens with zero attached hydrogens (tertiary/aromatic N) is 1. The van der Waals surface area contributed by atoms with Gasteiger partial charge in [0.05, 0.1) is 5.60 Å². The Kier molecular flexibility index (Phi) is 5.45. The average Bonchev–Trinajstić information content (AvgIpc) is 2.40. The summed E-state index contributed by atoms with van der Waals surface area (Å²) in [6.45, 7) is 2.55. The lowest BCUT2D eigenvalue weighted by atomic mass is 9.96. The van der Waals surface area contributed by atoms with E-state index in [9.17, 15) is 5.11 Å². The van der Waals surface area contributed by atoms with Crippen LogP contribution in [-0.2, 0) is 6.42 Å². The standard InChI is InChI=1S/C18H23NOS/c1-18(20,14-19(2)3)13-15-9-11-17(12-10-15)21-16-7-5-4-6-8-16/h4-12,20H,13-14H2,1-3H3. The molecule has 112 valence electrons. The summed E-state index contributed by atoms with van der Waals surface area (Å²) in [6.07, 6.45) is 0.668. The van der Waals surface area contributed by atoms with E-state index in [4.69, 9.17) is 0 Å². The highest BCUT2D eigenvalue weighted by atomic mass is 32.2. The molecule has 0 radical (unpaired) electrons. The molecule has 0 bridgehead atoms. The van der Waals surface area contributed by atoms with E-state index in [0.29, 0.717) is 13.0 Å². The number of aliphatic hydroxyl groups is 1. The van der Waals surface area contributed by atoms with Crippen LogP contribution in [0.4, 0.5) is 0 Å². The molecule has 0 spiro atoms. The second-order valence-electron chi connectivity index (χ2n) is 5.97. The van der Waals surface area contributed by atoms with Crippen LogP contribution in [0.2, 0.25) is 0 Å². The summed E-state index contributed by atoms with van der Waals surface area (Å²) in [4.78, 5) is 4.47. The molecule has 3 heteroatoms. The Balaban J connectivity index is 1.99. The topological polar surface area (TPSA) is 23.5 Å². The summed E-state index contributed by atoms with van der Waals surface area (Å²) >= 11 is 1.75. The summed E-state index contributed by atoms with van der Waals surface area (Å²) < 4.78 is 0. The number of hydrogen-bond acceptors (Lipinski definition) is 3. The molecule has 0 aliphatic carbocycles. The molecule has 0 saturated heterocycles. The molecule has 0 aliphatic heterocycles. The molecular formula is C18H23NOS. The maximum Gasteiger partial charge on any atom is 0.0785 e. The third-order valence-corrected chi connectivity index (χ3v) is 4.16. The Morgan fingerprint density at radius 2 is 1.52 bits per heavy atom. The van der Waals surface area contributed by atoms with Gasteiger partial charge in [0.15, 0.2) is 0 Å². The van der Waals surface area contributed by atoms with E-state index in [1.807, 2.05) is 32.0 Å². The fourth-order valence-corrected chi connectivity index (χ4v) is 3.31. The van der Waals surface area contributed by atoms with Gasteiger partial charge in [-0.25, -0.2) is 0 Å². The summed E-state index contributed by atoms with van der Waals surface area (Å²) in [5.74, 6) is 0. The highest BCUT2D eigenvalue weighted by molar-refractivity contribution is 7.99. The quantitative estimate of drug-likeness (QED) is 0.880. The first-order valence-corrected chi connectivity index (χ1v) is 7.95. The van der Waals surface area contributed by atoms with Gasteiger partial charge < -0.3 is 10.0 Å². The minimum Gasteiger partial charge on any atom is -0.388 e. The van der Waals surface area contributed by atoms with Crippen molar-refractivity contribution in [3.8, 4) is 0 Å². The fraction of sp³-hybridized carbons (Fsp3) is 0.333. The fourth-order valence-electron chi connectivity index (χ4n) is 2.48. The Hall–Kier alpha value is -1.29. The zero-order valence-corrected chi connectivity index (χ0v) is 13.7. The number of likely N-dealkylation sites (N-methyl/N-ethyl adjacent to an activating group) is 1. The monoisotopic (exact) mass is 301 g/mol. The van der Waals surface area contributed by atoms with E-state index in [1.54, 1.807) is 11.8 Å². The van der Waals surface area contributed by atoms with Crippen molar-refractivity contribution in [2.75, 3.05) is 20.6 Å². The van der Waals surface area contributed by atoms with Gasteiger partial charge in [0.25, 0.3) is 0 Å². The molecule has 2 aromatic rings. The summed E-state index contributed by atoms with van der Waals surface area (Å²) in [7, 11) is 3.96. The lowest BCUT2D eigenvalue weighted by Crippen LogP contribution is -2.39. The summed E-state index contributed by atoms with van der Waals surface area (Å²) in [5, 5.41) is 10.4. The van der Waals surface area contributed by atoms with Crippen LogP contribution in [0.1, 0.15) is 12.5 Å². The largest absolute Gasteiger partial charge is 0.388 e. The molecule has 1 N–H and O–H groups in total. The zero-order valence-electron chi connectivity index (χ0n) is 12.9. The van der Waals surface area contributed by atoms with Crippen LogP contribution in [0.25, 0.3) is 0 Å². The maximum atomic E-state index is 10.4. The van der Waals surface area contributed by atoms with Crippen molar-refractivity contribution in [3.63, 3.8) is 0 Å². The smallest absolute Gasteiger partial charge is 0.0785 e. The molecule has 0 amide bonds. The predicted octanol–water partition coefficient (Wildman–Crippen LogP) is 3.69. The maximum absolute atomic E-state index is 10.4. The highest BCUT2D eigenvalue weighted by Gasteiger charge is 2.21. The van der Waals surface area contributed by atoms with Gasteiger partial charge in [-0.1, -0.05) is 42.1 Å². The SMILES string of the molecule is CN(C)CC(C)(O)Cc1ccc(Sc2ccccc2)cc1. The normalized spacial score (nSPS) is 14.1. The van der Waals surface area contributed by atoms with Gasteiger partial charge in [-0.3, -0.25) is 0 Å². The lowest BCUT2D eigenvalue weighted by molar-refractivity contribution is 0.0339. The molecule has 0 heterocycles. The van der Waals surface area contributed by atoms with Crippen LogP contribution in [0, 0.1) is 0 Å². The second kappa shape index (κ2) is 7.12. The summed E-state index contributed by atoms with van der Waals surface area (Å²) in [6, 6.07) is 18.8. The van der Waals surface area contributed by atoms with Gasteiger partial charge in [0, 0.05) is 22.8 Å².